The summed E-state index contributed by atoms with van der Waals surface area (Å²) in [5.74, 6) is 0.453. The number of benzene rings is 1. The summed E-state index contributed by atoms with van der Waals surface area (Å²) < 4.78 is 6.52. The van der Waals surface area contributed by atoms with Crippen molar-refractivity contribution in [1.29, 1.82) is 0 Å². The SMILES string of the molecule is C[C@H](Oc1ccc(Br)cc1)C(=O)Nc1ccncc1. The molecule has 4 nitrogen and oxygen atoms in total. The molecule has 0 aliphatic carbocycles. The zero-order valence-corrected chi connectivity index (χ0v) is 11.9. The molecular formula is C14H13BrN2O2. The molecule has 0 fully saturated rings. The minimum absolute atomic E-state index is 0.200. The number of ether oxygens (including phenoxy) is 1. The second-order valence-corrected chi connectivity index (χ2v) is 4.85. The Labute approximate surface area is 119 Å². The molecule has 98 valence electrons. The van der Waals surface area contributed by atoms with Crippen molar-refractivity contribution >= 4 is 27.5 Å². The fourth-order valence-electron chi connectivity index (χ4n) is 1.45. The van der Waals surface area contributed by atoms with E-state index in [1.807, 2.05) is 12.1 Å². The van der Waals surface area contributed by atoms with Crippen LogP contribution in [0.25, 0.3) is 0 Å². The van der Waals surface area contributed by atoms with Crippen LogP contribution in [-0.4, -0.2) is 17.0 Å². The smallest absolute Gasteiger partial charge is 0.265 e. The number of carbonyl (C=O) groups excluding carboxylic acids is 1. The summed E-state index contributed by atoms with van der Waals surface area (Å²) in [6, 6.07) is 10.8. The summed E-state index contributed by atoms with van der Waals surface area (Å²) in [5, 5.41) is 2.76. The Bertz CT molecular complexity index is 543. The third kappa shape index (κ3) is 4.06. The van der Waals surface area contributed by atoms with Crippen molar-refractivity contribution in [3.8, 4) is 5.75 Å². The van der Waals surface area contributed by atoms with Crippen LogP contribution >= 0.6 is 15.9 Å². The van der Waals surface area contributed by atoms with Gasteiger partial charge in [0.1, 0.15) is 5.75 Å². The predicted molar refractivity (Wildman–Crippen MR) is 77.1 cm³/mol. The number of rotatable bonds is 4. The quantitative estimate of drug-likeness (QED) is 0.940. The first-order valence-corrected chi connectivity index (χ1v) is 6.57. The Morgan fingerprint density at radius 2 is 1.84 bits per heavy atom. The van der Waals surface area contributed by atoms with E-state index in [-0.39, 0.29) is 5.91 Å². The molecule has 1 atom stereocenters. The van der Waals surface area contributed by atoms with Gasteiger partial charge in [-0.05, 0) is 43.3 Å². The first-order chi connectivity index (χ1) is 9.15. The lowest BCUT2D eigenvalue weighted by Gasteiger charge is -2.14. The number of hydrogen-bond acceptors (Lipinski definition) is 3. The van der Waals surface area contributed by atoms with Crippen LogP contribution in [0.3, 0.4) is 0 Å². The van der Waals surface area contributed by atoms with Crippen molar-refractivity contribution < 1.29 is 9.53 Å². The maximum absolute atomic E-state index is 11.9. The number of nitrogens with zero attached hydrogens (tertiary/aromatic N) is 1. The molecule has 19 heavy (non-hydrogen) atoms. The van der Waals surface area contributed by atoms with Crippen molar-refractivity contribution in [1.82, 2.24) is 4.98 Å². The summed E-state index contributed by atoms with van der Waals surface area (Å²) >= 11 is 3.34. The van der Waals surface area contributed by atoms with E-state index in [0.29, 0.717) is 11.4 Å². The molecule has 0 radical (unpaired) electrons. The number of anilines is 1. The Balaban J connectivity index is 1.94. The summed E-state index contributed by atoms with van der Waals surface area (Å²) in [6.07, 6.45) is 2.67. The summed E-state index contributed by atoms with van der Waals surface area (Å²) in [7, 11) is 0. The Morgan fingerprint density at radius 3 is 2.47 bits per heavy atom. The Morgan fingerprint density at radius 1 is 1.21 bits per heavy atom. The maximum Gasteiger partial charge on any atom is 0.265 e. The average molecular weight is 321 g/mol. The highest BCUT2D eigenvalue weighted by molar-refractivity contribution is 9.10. The zero-order chi connectivity index (χ0) is 13.7. The van der Waals surface area contributed by atoms with Crippen molar-refractivity contribution in [3.05, 3.63) is 53.3 Å². The van der Waals surface area contributed by atoms with E-state index < -0.39 is 6.10 Å². The minimum Gasteiger partial charge on any atom is -0.481 e. The molecule has 1 N–H and O–H groups in total. The number of nitrogens with one attached hydrogen (secondary N) is 1. The van der Waals surface area contributed by atoms with Crippen molar-refractivity contribution in [2.75, 3.05) is 5.32 Å². The van der Waals surface area contributed by atoms with E-state index in [1.54, 1.807) is 43.6 Å². The monoisotopic (exact) mass is 320 g/mol. The van der Waals surface area contributed by atoms with Gasteiger partial charge in [-0.3, -0.25) is 9.78 Å². The van der Waals surface area contributed by atoms with Gasteiger partial charge >= 0.3 is 0 Å². The molecule has 0 saturated heterocycles. The number of amides is 1. The molecule has 1 aromatic heterocycles. The molecule has 1 heterocycles. The molecule has 0 aliphatic heterocycles. The van der Waals surface area contributed by atoms with E-state index in [1.165, 1.54) is 0 Å². The largest absolute Gasteiger partial charge is 0.481 e. The van der Waals surface area contributed by atoms with Crippen molar-refractivity contribution in [2.45, 2.75) is 13.0 Å². The second-order valence-electron chi connectivity index (χ2n) is 3.94. The number of halogens is 1. The molecule has 1 amide bonds. The minimum atomic E-state index is -0.575. The van der Waals surface area contributed by atoms with Crippen LogP contribution in [0.5, 0.6) is 5.75 Å². The molecule has 5 heteroatoms. The van der Waals surface area contributed by atoms with Gasteiger partial charge in [-0.1, -0.05) is 15.9 Å². The fourth-order valence-corrected chi connectivity index (χ4v) is 1.71. The van der Waals surface area contributed by atoms with E-state index in [2.05, 4.69) is 26.2 Å². The fraction of sp³-hybridized carbons (Fsp3) is 0.143. The number of hydrogen-bond donors (Lipinski definition) is 1. The standard InChI is InChI=1S/C14H13BrN2O2/c1-10(19-13-4-2-11(15)3-5-13)14(18)17-12-6-8-16-9-7-12/h2-10H,1H3,(H,16,17,18)/t10-/m0/s1. The zero-order valence-electron chi connectivity index (χ0n) is 10.3. The summed E-state index contributed by atoms with van der Waals surface area (Å²) in [4.78, 5) is 15.8. The molecule has 0 bridgehead atoms. The van der Waals surface area contributed by atoms with Crippen molar-refractivity contribution in [3.63, 3.8) is 0 Å². The lowest BCUT2D eigenvalue weighted by Crippen LogP contribution is -2.30. The number of carbonyl (C=O) groups is 1. The van der Waals surface area contributed by atoms with Gasteiger partial charge in [-0.15, -0.1) is 0 Å². The van der Waals surface area contributed by atoms with Gasteiger partial charge < -0.3 is 10.1 Å². The van der Waals surface area contributed by atoms with E-state index in [0.717, 1.165) is 4.47 Å². The van der Waals surface area contributed by atoms with Gasteiger partial charge in [0, 0.05) is 22.6 Å². The van der Waals surface area contributed by atoms with Gasteiger partial charge in [-0.2, -0.15) is 0 Å². The van der Waals surface area contributed by atoms with Crippen LogP contribution < -0.4 is 10.1 Å². The summed E-state index contributed by atoms with van der Waals surface area (Å²) in [5.41, 5.74) is 0.700. The first-order valence-electron chi connectivity index (χ1n) is 5.78. The van der Waals surface area contributed by atoms with Crippen LogP contribution in [0.15, 0.2) is 53.3 Å². The van der Waals surface area contributed by atoms with Gasteiger partial charge in [0.2, 0.25) is 0 Å². The molecular weight excluding hydrogens is 308 g/mol. The molecule has 0 saturated carbocycles. The maximum atomic E-state index is 11.9. The molecule has 1 aromatic carbocycles. The third-order valence-corrected chi connectivity index (χ3v) is 2.97. The average Bonchev–Trinajstić information content (AvgIpc) is 2.42. The van der Waals surface area contributed by atoms with Crippen LogP contribution in [0, 0.1) is 0 Å². The highest BCUT2D eigenvalue weighted by atomic mass is 79.9. The second kappa shape index (κ2) is 6.33. The highest BCUT2D eigenvalue weighted by Crippen LogP contribution is 2.17. The van der Waals surface area contributed by atoms with Gasteiger partial charge in [0.25, 0.3) is 5.91 Å². The predicted octanol–water partition coefficient (Wildman–Crippen LogP) is 3.25. The first kappa shape index (κ1) is 13.5. The number of aromatic nitrogens is 1. The highest BCUT2D eigenvalue weighted by Gasteiger charge is 2.14. The molecule has 0 aliphatic rings. The molecule has 0 spiro atoms. The van der Waals surface area contributed by atoms with Crippen molar-refractivity contribution in [2.24, 2.45) is 0 Å². The number of pyridine rings is 1. The normalized spacial score (nSPS) is 11.7. The molecule has 0 unspecified atom stereocenters. The lowest BCUT2D eigenvalue weighted by atomic mass is 10.3. The van der Waals surface area contributed by atoms with E-state index in [4.69, 9.17) is 4.74 Å². The van der Waals surface area contributed by atoms with Crippen LogP contribution in [-0.2, 0) is 4.79 Å². The molecule has 2 rings (SSSR count). The van der Waals surface area contributed by atoms with Crippen LogP contribution in [0.1, 0.15) is 6.92 Å². The third-order valence-electron chi connectivity index (χ3n) is 2.44. The van der Waals surface area contributed by atoms with Gasteiger partial charge in [0.05, 0.1) is 0 Å². The Kier molecular flexibility index (Phi) is 4.52. The lowest BCUT2D eigenvalue weighted by molar-refractivity contribution is -0.122. The van der Waals surface area contributed by atoms with Crippen LogP contribution in [0.4, 0.5) is 5.69 Å². The van der Waals surface area contributed by atoms with Gasteiger partial charge in [-0.25, -0.2) is 0 Å². The van der Waals surface area contributed by atoms with Gasteiger partial charge in [0.15, 0.2) is 6.10 Å². The Hall–Kier alpha value is -1.88. The molecule has 2 aromatic rings. The topological polar surface area (TPSA) is 51.2 Å². The van der Waals surface area contributed by atoms with Crippen LogP contribution in [0.2, 0.25) is 0 Å². The van der Waals surface area contributed by atoms with E-state index >= 15 is 0 Å². The van der Waals surface area contributed by atoms with E-state index in [9.17, 15) is 4.79 Å². The summed E-state index contributed by atoms with van der Waals surface area (Å²) in [6.45, 7) is 1.71.